The van der Waals surface area contributed by atoms with Crippen molar-refractivity contribution in [3.05, 3.63) is 23.5 Å². The predicted molar refractivity (Wildman–Crippen MR) is 42.3 cm³/mol. The van der Waals surface area contributed by atoms with Crippen LogP contribution in [0.2, 0.25) is 0 Å². The first-order valence-electron chi connectivity index (χ1n) is 3.50. The van der Waals surface area contributed by atoms with E-state index in [1.807, 2.05) is 0 Å². The van der Waals surface area contributed by atoms with Gasteiger partial charge in [0.15, 0.2) is 11.5 Å². The highest BCUT2D eigenvalue weighted by Gasteiger charge is 2.15. The van der Waals surface area contributed by atoms with E-state index >= 15 is 0 Å². The fourth-order valence-corrected chi connectivity index (χ4v) is 1.01. The standard InChI is InChI=1S/C8H10FNO2/c1-4(10)7-5(9)2-3-6(11)8(7)12/h2-4,11-12H,10H2,1H3. The Balaban J connectivity index is 3.33. The summed E-state index contributed by atoms with van der Waals surface area (Å²) < 4.78 is 12.9. The van der Waals surface area contributed by atoms with Gasteiger partial charge in [0.2, 0.25) is 0 Å². The minimum atomic E-state index is -0.642. The molecule has 1 aromatic carbocycles. The Hall–Kier alpha value is -1.29. The van der Waals surface area contributed by atoms with Gasteiger partial charge in [-0.3, -0.25) is 0 Å². The first-order valence-corrected chi connectivity index (χ1v) is 3.50. The molecule has 0 bridgehead atoms. The second kappa shape index (κ2) is 2.98. The molecule has 0 spiro atoms. The quantitative estimate of drug-likeness (QED) is 0.557. The third-order valence-corrected chi connectivity index (χ3v) is 1.60. The number of halogens is 1. The van der Waals surface area contributed by atoms with Crippen molar-refractivity contribution in [1.29, 1.82) is 0 Å². The molecule has 66 valence electrons. The Bertz CT molecular complexity index is 299. The predicted octanol–water partition coefficient (Wildman–Crippen LogP) is 1.26. The topological polar surface area (TPSA) is 66.5 Å². The average molecular weight is 171 g/mol. The van der Waals surface area contributed by atoms with Gasteiger partial charge in [-0.1, -0.05) is 0 Å². The van der Waals surface area contributed by atoms with E-state index in [1.54, 1.807) is 0 Å². The number of nitrogens with two attached hydrogens (primary N) is 1. The largest absolute Gasteiger partial charge is 0.504 e. The molecule has 0 saturated heterocycles. The maximum absolute atomic E-state index is 12.9. The van der Waals surface area contributed by atoms with Crippen LogP contribution in [-0.2, 0) is 0 Å². The van der Waals surface area contributed by atoms with Gasteiger partial charge in [0.05, 0.1) is 0 Å². The molecule has 3 nitrogen and oxygen atoms in total. The number of benzene rings is 1. The van der Waals surface area contributed by atoms with Gasteiger partial charge < -0.3 is 15.9 Å². The van der Waals surface area contributed by atoms with E-state index in [2.05, 4.69) is 0 Å². The molecule has 0 aliphatic carbocycles. The van der Waals surface area contributed by atoms with Crippen molar-refractivity contribution in [1.82, 2.24) is 0 Å². The monoisotopic (exact) mass is 171 g/mol. The van der Waals surface area contributed by atoms with Crippen LogP contribution in [0.1, 0.15) is 18.5 Å². The van der Waals surface area contributed by atoms with Gasteiger partial charge in [-0.15, -0.1) is 0 Å². The summed E-state index contributed by atoms with van der Waals surface area (Å²) in [5, 5.41) is 18.2. The van der Waals surface area contributed by atoms with Crippen molar-refractivity contribution in [3.63, 3.8) is 0 Å². The molecule has 4 heteroatoms. The van der Waals surface area contributed by atoms with E-state index in [9.17, 15) is 9.50 Å². The summed E-state index contributed by atoms with van der Waals surface area (Å²) in [6.45, 7) is 1.53. The Kier molecular flexibility index (Phi) is 2.19. The van der Waals surface area contributed by atoms with Crippen LogP contribution in [0.15, 0.2) is 12.1 Å². The number of phenolic OH excluding ortho intramolecular Hbond substituents is 2. The number of hydrogen-bond donors (Lipinski definition) is 3. The summed E-state index contributed by atoms with van der Waals surface area (Å²) in [6, 6.07) is 1.50. The molecule has 1 rings (SSSR count). The summed E-state index contributed by atoms with van der Waals surface area (Å²) in [5.41, 5.74) is 5.31. The van der Waals surface area contributed by atoms with Crippen molar-refractivity contribution in [2.45, 2.75) is 13.0 Å². The molecule has 1 aromatic rings. The van der Waals surface area contributed by atoms with Crippen LogP contribution >= 0.6 is 0 Å². The minimum Gasteiger partial charge on any atom is -0.504 e. The zero-order chi connectivity index (χ0) is 9.30. The van der Waals surface area contributed by atoms with Crippen LogP contribution in [0, 0.1) is 5.82 Å². The molecular weight excluding hydrogens is 161 g/mol. The first-order chi connectivity index (χ1) is 5.54. The van der Waals surface area contributed by atoms with Crippen LogP contribution in [0.4, 0.5) is 4.39 Å². The van der Waals surface area contributed by atoms with Crippen molar-refractivity contribution >= 4 is 0 Å². The van der Waals surface area contributed by atoms with E-state index < -0.39 is 17.6 Å². The highest BCUT2D eigenvalue weighted by atomic mass is 19.1. The highest BCUT2D eigenvalue weighted by Crippen LogP contribution is 2.33. The SMILES string of the molecule is CC(N)c1c(F)ccc(O)c1O. The Morgan fingerprint density at radius 2 is 2.00 bits per heavy atom. The van der Waals surface area contributed by atoms with Gasteiger partial charge in [-0.2, -0.15) is 0 Å². The summed E-state index contributed by atoms with van der Waals surface area (Å²) in [6.07, 6.45) is 0. The zero-order valence-electron chi connectivity index (χ0n) is 6.58. The second-order valence-corrected chi connectivity index (χ2v) is 2.62. The van der Waals surface area contributed by atoms with Crippen molar-refractivity contribution in [2.75, 3.05) is 0 Å². The summed E-state index contributed by atoms with van der Waals surface area (Å²) in [5.74, 6) is -1.45. The number of rotatable bonds is 1. The van der Waals surface area contributed by atoms with Crippen LogP contribution in [0.25, 0.3) is 0 Å². The molecule has 12 heavy (non-hydrogen) atoms. The van der Waals surface area contributed by atoms with Crippen LogP contribution in [0.5, 0.6) is 11.5 Å². The molecule has 4 N–H and O–H groups in total. The van der Waals surface area contributed by atoms with E-state index in [0.29, 0.717) is 0 Å². The zero-order valence-corrected chi connectivity index (χ0v) is 6.58. The number of aromatic hydroxyl groups is 2. The van der Waals surface area contributed by atoms with Gasteiger partial charge in [-0.25, -0.2) is 4.39 Å². The summed E-state index contributed by atoms with van der Waals surface area (Å²) in [4.78, 5) is 0. The van der Waals surface area contributed by atoms with Crippen LogP contribution in [-0.4, -0.2) is 10.2 Å². The third kappa shape index (κ3) is 1.33. The van der Waals surface area contributed by atoms with Gasteiger partial charge in [0.1, 0.15) is 5.82 Å². The fraction of sp³-hybridized carbons (Fsp3) is 0.250. The molecule has 0 radical (unpaired) electrons. The summed E-state index contributed by atoms with van der Waals surface area (Å²) >= 11 is 0. The van der Waals surface area contributed by atoms with Crippen molar-refractivity contribution in [3.8, 4) is 11.5 Å². The Morgan fingerprint density at radius 1 is 1.42 bits per heavy atom. The molecule has 0 amide bonds. The molecular formula is C8H10FNO2. The molecule has 1 unspecified atom stereocenters. The second-order valence-electron chi connectivity index (χ2n) is 2.62. The molecule has 1 atom stereocenters. The van der Waals surface area contributed by atoms with Crippen molar-refractivity contribution in [2.24, 2.45) is 5.73 Å². The van der Waals surface area contributed by atoms with Gasteiger partial charge in [0, 0.05) is 11.6 Å². The lowest BCUT2D eigenvalue weighted by Gasteiger charge is -2.09. The van der Waals surface area contributed by atoms with Crippen molar-refractivity contribution < 1.29 is 14.6 Å². The van der Waals surface area contributed by atoms with Crippen LogP contribution in [0.3, 0.4) is 0 Å². The molecule has 0 aliphatic heterocycles. The maximum atomic E-state index is 12.9. The number of hydrogen-bond acceptors (Lipinski definition) is 3. The lowest BCUT2D eigenvalue weighted by Crippen LogP contribution is -2.07. The van der Waals surface area contributed by atoms with Crippen LogP contribution < -0.4 is 5.73 Å². The average Bonchev–Trinajstić information content (AvgIpc) is 1.97. The smallest absolute Gasteiger partial charge is 0.165 e. The summed E-state index contributed by atoms with van der Waals surface area (Å²) in [7, 11) is 0. The fourth-order valence-electron chi connectivity index (χ4n) is 1.01. The molecule has 0 aromatic heterocycles. The maximum Gasteiger partial charge on any atom is 0.165 e. The third-order valence-electron chi connectivity index (χ3n) is 1.60. The normalized spacial score (nSPS) is 12.9. The Morgan fingerprint density at radius 3 is 2.42 bits per heavy atom. The van der Waals surface area contributed by atoms with E-state index in [1.165, 1.54) is 6.92 Å². The Labute approximate surface area is 69.3 Å². The van der Waals surface area contributed by atoms with Gasteiger partial charge in [-0.05, 0) is 19.1 Å². The van der Waals surface area contributed by atoms with Gasteiger partial charge >= 0.3 is 0 Å². The first kappa shape index (κ1) is 8.80. The van der Waals surface area contributed by atoms with E-state index in [-0.39, 0.29) is 11.3 Å². The lowest BCUT2D eigenvalue weighted by atomic mass is 10.1. The molecule has 0 saturated carbocycles. The van der Waals surface area contributed by atoms with Gasteiger partial charge in [0.25, 0.3) is 0 Å². The minimum absolute atomic E-state index is 0.0602. The van der Waals surface area contributed by atoms with E-state index in [0.717, 1.165) is 12.1 Å². The lowest BCUT2D eigenvalue weighted by molar-refractivity contribution is 0.390. The molecule has 0 aliphatic rings. The number of phenols is 2. The molecule has 0 fully saturated rings. The van der Waals surface area contributed by atoms with E-state index in [4.69, 9.17) is 10.8 Å². The molecule has 0 heterocycles. The highest BCUT2D eigenvalue weighted by molar-refractivity contribution is 5.46.